The summed E-state index contributed by atoms with van der Waals surface area (Å²) >= 11 is 5.80. The van der Waals surface area contributed by atoms with E-state index in [9.17, 15) is 4.39 Å². The number of para-hydroxylation sites is 1. The molecule has 132 valence electrons. The quantitative estimate of drug-likeness (QED) is 0.642. The highest BCUT2D eigenvalue weighted by Gasteiger charge is 2.33. The highest BCUT2D eigenvalue weighted by atomic mass is 35.5. The SMILES string of the molecule is CN1CCC(CN=C(N)Nc2ccccc2)C1c1ccc(Cl)c(F)c1. The lowest BCUT2D eigenvalue weighted by molar-refractivity contribution is 0.279. The Morgan fingerprint density at radius 2 is 2.08 bits per heavy atom. The van der Waals surface area contributed by atoms with E-state index < -0.39 is 0 Å². The lowest BCUT2D eigenvalue weighted by Crippen LogP contribution is -2.26. The Bertz CT molecular complexity index is 750. The number of nitrogens with two attached hydrogens (primary N) is 1. The van der Waals surface area contributed by atoms with Crippen molar-refractivity contribution in [1.82, 2.24) is 4.90 Å². The van der Waals surface area contributed by atoms with Crippen LogP contribution >= 0.6 is 11.6 Å². The summed E-state index contributed by atoms with van der Waals surface area (Å²) in [5, 5.41) is 3.23. The van der Waals surface area contributed by atoms with Gasteiger partial charge in [-0.2, -0.15) is 0 Å². The van der Waals surface area contributed by atoms with Gasteiger partial charge in [-0.1, -0.05) is 35.9 Å². The molecule has 1 saturated heterocycles. The first-order valence-electron chi connectivity index (χ1n) is 8.32. The van der Waals surface area contributed by atoms with Gasteiger partial charge in [0, 0.05) is 18.3 Å². The van der Waals surface area contributed by atoms with Crippen molar-refractivity contribution >= 4 is 23.2 Å². The third-order valence-corrected chi connectivity index (χ3v) is 4.91. The van der Waals surface area contributed by atoms with Crippen LogP contribution < -0.4 is 11.1 Å². The Morgan fingerprint density at radius 3 is 2.80 bits per heavy atom. The molecule has 1 heterocycles. The van der Waals surface area contributed by atoms with E-state index in [1.54, 1.807) is 6.07 Å². The van der Waals surface area contributed by atoms with Gasteiger partial charge >= 0.3 is 0 Å². The van der Waals surface area contributed by atoms with Crippen molar-refractivity contribution in [2.45, 2.75) is 12.5 Å². The van der Waals surface area contributed by atoms with Crippen LogP contribution in [0.25, 0.3) is 0 Å². The Kier molecular flexibility index (Phi) is 5.56. The molecule has 0 radical (unpaired) electrons. The largest absolute Gasteiger partial charge is 0.370 e. The predicted octanol–water partition coefficient (Wildman–Crippen LogP) is 3.90. The number of aliphatic imine (C=N–C) groups is 1. The molecule has 2 atom stereocenters. The average Bonchev–Trinajstić information content (AvgIpc) is 2.97. The Labute approximate surface area is 152 Å². The zero-order chi connectivity index (χ0) is 17.8. The molecule has 0 saturated carbocycles. The highest BCUT2D eigenvalue weighted by molar-refractivity contribution is 6.30. The van der Waals surface area contributed by atoms with Crippen LogP contribution in [0.3, 0.4) is 0 Å². The van der Waals surface area contributed by atoms with Gasteiger partial charge in [-0.15, -0.1) is 0 Å². The zero-order valence-electron chi connectivity index (χ0n) is 14.1. The van der Waals surface area contributed by atoms with Gasteiger partial charge in [-0.3, -0.25) is 9.89 Å². The van der Waals surface area contributed by atoms with Crippen LogP contribution in [0.15, 0.2) is 53.5 Å². The molecule has 2 aromatic rings. The monoisotopic (exact) mass is 360 g/mol. The molecule has 1 aliphatic heterocycles. The molecule has 0 bridgehead atoms. The maximum atomic E-state index is 13.8. The number of hydrogen-bond acceptors (Lipinski definition) is 2. The molecular formula is C19H22ClFN4. The van der Waals surface area contributed by atoms with Gasteiger partial charge in [0.2, 0.25) is 0 Å². The normalized spacial score (nSPS) is 21.5. The maximum Gasteiger partial charge on any atom is 0.193 e. The molecular weight excluding hydrogens is 339 g/mol. The molecule has 2 unspecified atom stereocenters. The Hall–Kier alpha value is -2.11. The third-order valence-electron chi connectivity index (χ3n) is 4.60. The molecule has 1 fully saturated rings. The van der Waals surface area contributed by atoms with Gasteiger partial charge in [-0.05, 0) is 55.8 Å². The topological polar surface area (TPSA) is 53.6 Å². The van der Waals surface area contributed by atoms with Gasteiger partial charge in [0.1, 0.15) is 5.82 Å². The second kappa shape index (κ2) is 7.85. The third kappa shape index (κ3) is 4.30. The van der Waals surface area contributed by atoms with Crippen LogP contribution in [0.1, 0.15) is 18.0 Å². The van der Waals surface area contributed by atoms with Crippen LogP contribution in [-0.4, -0.2) is 31.0 Å². The molecule has 0 amide bonds. The summed E-state index contributed by atoms with van der Waals surface area (Å²) in [5.74, 6) is 0.287. The standard InChI is InChI=1S/C19H22ClFN4/c1-25-10-9-14(18(25)13-7-8-16(20)17(21)11-13)12-23-19(22)24-15-5-3-2-4-6-15/h2-8,11,14,18H,9-10,12H2,1H3,(H3,22,23,24). The number of rotatable bonds is 4. The molecule has 4 nitrogen and oxygen atoms in total. The molecule has 6 heteroatoms. The molecule has 0 aliphatic carbocycles. The minimum absolute atomic E-state index is 0.111. The van der Waals surface area contributed by atoms with E-state index in [4.69, 9.17) is 17.3 Å². The van der Waals surface area contributed by atoms with Crippen LogP contribution in [0.5, 0.6) is 0 Å². The van der Waals surface area contributed by atoms with Gasteiger partial charge in [0.05, 0.1) is 5.02 Å². The summed E-state index contributed by atoms with van der Waals surface area (Å²) in [4.78, 5) is 6.71. The highest BCUT2D eigenvalue weighted by Crippen LogP contribution is 2.37. The van der Waals surface area contributed by atoms with Crippen LogP contribution in [0.4, 0.5) is 10.1 Å². The molecule has 25 heavy (non-hydrogen) atoms. The second-order valence-corrected chi connectivity index (χ2v) is 6.77. The number of guanidine groups is 1. The van der Waals surface area contributed by atoms with Gasteiger partial charge in [0.15, 0.2) is 5.96 Å². The summed E-state index contributed by atoms with van der Waals surface area (Å²) in [6, 6.07) is 14.8. The predicted molar refractivity (Wildman–Crippen MR) is 101 cm³/mol. The average molecular weight is 361 g/mol. The van der Waals surface area contributed by atoms with Crippen molar-refractivity contribution in [3.8, 4) is 0 Å². The second-order valence-electron chi connectivity index (χ2n) is 6.36. The number of anilines is 1. The Balaban J connectivity index is 1.70. The first-order valence-corrected chi connectivity index (χ1v) is 8.69. The van der Waals surface area contributed by atoms with E-state index in [1.165, 1.54) is 6.07 Å². The summed E-state index contributed by atoms with van der Waals surface area (Å²) in [6.45, 7) is 1.53. The van der Waals surface area contributed by atoms with Crippen molar-refractivity contribution < 1.29 is 4.39 Å². The zero-order valence-corrected chi connectivity index (χ0v) is 14.9. The first kappa shape index (κ1) is 17.7. The molecule has 0 aromatic heterocycles. The lowest BCUT2D eigenvalue weighted by atomic mass is 9.94. The molecule has 1 aliphatic rings. The number of nitrogens with zero attached hydrogens (tertiary/aromatic N) is 2. The minimum Gasteiger partial charge on any atom is -0.370 e. The van der Waals surface area contributed by atoms with E-state index >= 15 is 0 Å². The Morgan fingerprint density at radius 1 is 1.32 bits per heavy atom. The minimum atomic E-state index is -0.382. The number of benzene rings is 2. The van der Waals surface area contributed by atoms with Gasteiger partial charge in [0.25, 0.3) is 0 Å². The summed E-state index contributed by atoms with van der Waals surface area (Å²) in [5.41, 5.74) is 7.83. The summed E-state index contributed by atoms with van der Waals surface area (Å²) < 4.78 is 13.8. The number of likely N-dealkylation sites (tertiary alicyclic amines) is 1. The van der Waals surface area contributed by atoms with E-state index in [2.05, 4.69) is 15.2 Å². The van der Waals surface area contributed by atoms with Crippen molar-refractivity contribution in [3.63, 3.8) is 0 Å². The number of nitrogens with one attached hydrogen (secondary N) is 1. The van der Waals surface area contributed by atoms with E-state index in [0.29, 0.717) is 12.5 Å². The van der Waals surface area contributed by atoms with Crippen LogP contribution in [0, 0.1) is 11.7 Å². The van der Waals surface area contributed by atoms with E-state index in [1.807, 2.05) is 43.4 Å². The number of hydrogen-bond donors (Lipinski definition) is 2. The smallest absolute Gasteiger partial charge is 0.193 e. The first-order chi connectivity index (χ1) is 12.0. The molecule has 0 spiro atoms. The molecule has 3 N–H and O–H groups in total. The van der Waals surface area contributed by atoms with Crippen molar-refractivity contribution in [1.29, 1.82) is 0 Å². The van der Waals surface area contributed by atoms with Gasteiger partial charge in [-0.25, -0.2) is 4.39 Å². The van der Waals surface area contributed by atoms with Gasteiger partial charge < -0.3 is 11.1 Å². The molecule has 2 aromatic carbocycles. The fourth-order valence-electron chi connectivity index (χ4n) is 3.36. The van der Waals surface area contributed by atoms with E-state index in [0.717, 1.165) is 24.2 Å². The summed E-state index contributed by atoms with van der Waals surface area (Å²) in [6.07, 6.45) is 0.994. The molecule has 3 rings (SSSR count). The summed E-state index contributed by atoms with van der Waals surface area (Å²) in [7, 11) is 2.05. The maximum absolute atomic E-state index is 13.8. The van der Waals surface area contributed by atoms with Crippen molar-refractivity contribution in [2.24, 2.45) is 16.6 Å². The fraction of sp³-hybridized carbons (Fsp3) is 0.316. The van der Waals surface area contributed by atoms with Crippen LogP contribution in [0.2, 0.25) is 5.02 Å². The van der Waals surface area contributed by atoms with Crippen molar-refractivity contribution in [3.05, 3.63) is 64.9 Å². The lowest BCUT2D eigenvalue weighted by Gasteiger charge is -2.25. The number of halogens is 2. The van der Waals surface area contributed by atoms with Crippen LogP contribution in [-0.2, 0) is 0 Å². The fourth-order valence-corrected chi connectivity index (χ4v) is 3.48. The van der Waals surface area contributed by atoms with E-state index in [-0.39, 0.29) is 22.8 Å². The van der Waals surface area contributed by atoms with Crippen molar-refractivity contribution in [2.75, 3.05) is 25.5 Å².